The molecule has 2 aliphatic heterocycles. The van der Waals surface area contributed by atoms with Gasteiger partial charge in [-0.05, 0) is 73.3 Å². The summed E-state index contributed by atoms with van der Waals surface area (Å²) in [5.74, 6) is 1.95. The van der Waals surface area contributed by atoms with Crippen LogP contribution in [-0.2, 0) is 4.79 Å². The molecule has 2 aliphatic rings. The first-order chi connectivity index (χ1) is 12.0. The normalized spacial score (nSPS) is 20.6. The smallest absolute Gasteiger partial charge is 0.222 e. The second-order valence-electron chi connectivity index (χ2n) is 7.47. The summed E-state index contributed by atoms with van der Waals surface area (Å²) in [7, 11) is 2.14. The number of halogens is 1. The summed E-state index contributed by atoms with van der Waals surface area (Å²) in [6.45, 7) is 8.01. The van der Waals surface area contributed by atoms with Gasteiger partial charge in [-0.25, -0.2) is 4.98 Å². The van der Waals surface area contributed by atoms with E-state index in [0.29, 0.717) is 18.2 Å². The lowest BCUT2D eigenvalue weighted by molar-refractivity contribution is -0.132. The van der Waals surface area contributed by atoms with Crippen LogP contribution < -0.4 is 4.90 Å². The number of nitrogens with zero attached hydrogens (tertiary/aromatic N) is 4. The van der Waals surface area contributed by atoms with E-state index in [4.69, 9.17) is 0 Å². The number of hydrogen-bond acceptors (Lipinski definition) is 4. The summed E-state index contributed by atoms with van der Waals surface area (Å²) in [5.41, 5.74) is 1.21. The lowest BCUT2D eigenvalue weighted by Crippen LogP contribution is -2.39. The van der Waals surface area contributed by atoms with E-state index in [1.165, 1.54) is 5.56 Å². The summed E-state index contributed by atoms with van der Waals surface area (Å²) < 4.78 is 1.03. The molecule has 25 heavy (non-hydrogen) atoms. The van der Waals surface area contributed by atoms with E-state index in [9.17, 15) is 4.79 Å². The molecule has 5 nitrogen and oxygen atoms in total. The Morgan fingerprint density at radius 1 is 1.20 bits per heavy atom. The maximum absolute atomic E-state index is 12.6. The lowest BCUT2D eigenvalue weighted by Gasteiger charge is -2.34. The third kappa shape index (κ3) is 4.94. The predicted octanol–water partition coefficient (Wildman–Crippen LogP) is 2.92. The average Bonchev–Trinajstić information content (AvgIpc) is 2.80. The molecule has 0 aromatic carbocycles. The molecule has 0 unspecified atom stereocenters. The zero-order valence-electron chi connectivity index (χ0n) is 15.4. The van der Waals surface area contributed by atoms with Crippen molar-refractivity contribution in [1.29, 1.82) is 0 Å². The minimum Gasteiger partial charge on any atom is -0.356 e. The second-order valence-corrected chi connectivity index (χ2v) is 8.38. The van der Waals surface area contributed by atoms with Gasteiger partial charge in [0.2, 0.25) is 5.91 Å². The van der Waals surface area contributed by atoms with Gasteiger partial charge in [-0.1, -0.05) is 0 Å². The van der Waals surface area contributed by atoms with Crippen LogP contribution in [0.4, 0.5) is 5.82 Å². The number of amides is 1. The quantitative estimate of drug-likeness (QED) is 0.770. The standard InChI is InChI=1S/C19H29BrN4O/c1-15-12-17(20)14-21-19(15)24-8-4-16(5-9-24)13-18(25)23-7-3-6-22(2)10-11-23/h12,14,16H,3-11,13H2,1-2H3. The van der Waals surface area contributed by atoms with Gasteiger partial charge in [0.05, 0.1) is 0 Å². The number of carbonyl (C=O) groups excluding carboxylic acids is 1. The van der Waals surface area contributed by atoms with Crippen LogP contribution in [0.15, 0.2) is 16.7 Å². The third-order valence-electron chi connectivity index (χ3n) is 5.47. The number of anilines is 1. The fourth-order valence-electron chi connectivity index (χ4n) is 3.89. The maximum atomic E-state index is 12.6. The van der Waals surface area contributed by atoms with Crippen LogP contribution in [0.1, 0.15) is 31.2 Å². The zero-order valence-corrected chi connectivity index (χ0v) is 17.0. The SMILES string of the molecule is Cc1cc(Br)cnc1N1CCC(CC(=O)N2CCCN(C)CC2)CC1. The summed E-state index contributed by atoms with van der Waals surface area (Å²) in [4.78, 5) is 24.0. The number of aryl methyl sites for hydroxylation is 1. The number of piperidine rings is 1. The Hall–Kier alpha value is -1.14. The van der Waals surface area contributed by atoms with Crippen LogP contribution in [0.25, 0.3) is 0 Å². The molecule has 0 aliphatic carbocycles. The Balaban J connectivity index is 1.49. The molecule has 0 radical (unpaired) electrons. The summed E-state index contributed by atoms with van der Waals surface area (Å²) in [6, 6.07) is 2.12. The fraction of sp³-hybridized carbons (Fsp3) is 0.684. The molecular formula is C19H29BrN4O. The van der Waals surface area contributed by atoms with Gasteiger partial charge in [0.25, 0.3) is 0 Å². The van der Waals surface area contributed by atoms with E-state index < -0.39 is 0 Å². The number of pyridine rings is 1. The van der Waals surface area contributed by atoms with Gasteiger partial charge in [-0.15, -0.1) is 0 Å². The molecule has 1 amide bonds. The third-order valence-corrected chi connectivity index (χ3v) is 5.90. The topological polar surface area (TPSA) is 39.7 Å². The highest BCUT2D eigenvalue weighted by Gasteiger charge is 2.25. The van der Waals surface area contributed by atoms with Crippen molar-refractivity contribution in [1.82, 2.24) is 14.8 Å². The Bertz CT molecular complexity index is 601. The Morgan fingerprint density at radius 3 is 2.68 bits per heavy atom. The molecule has 6 heteroatoms. The highest BCUT2D eigenvalue weighted by Crippen LogP contribution is 2.27. The van der Waals surface area contributed by atoms with E-state index in [2.05, 4.69) is 55.7 Å². The van der Waals surface area contributed by atoms with Gasteiger partial charge in [0.1, 0.15) is 5.82 Å². The predicted molar refractivity (Wildman–Crippen MR) is 105 cm³/mol. The largest absolute Gasteiger partial charge is 0.356 e. The maximum Gasteiger partial charge on any atom is 0.222 e. The van der Waals surface area contributed by atoms with Gasteiger partial charge in [-0.3, -0.25) is 4.79 Å². The van der Waals surface area contributed by atoms with Gasteiger partial charge < -0.3 is 14.7 Å². The van der Waals surface area contributed by atoms with Gasteiger partial charge in [-0.2, -0.15) is 0 Å². The van der Waals surface area contributed by atoms with Crippen molar-refractivity contribution < 1.29 is 4.79 Å². The van der Waals surface area contributed by atoms with Crippen LogP contribution in [0.5, 0.6) is 0 Å². The summed E-state index contributed by atoms with van der Waals surface area (Å²) in [5, 5.41) is 0. The molecule has 0 saturated carbocycles. The van der Waals surface area contributed by atoms with Crippen molar-refractivity contribution in [2.45, 2.75) is 32.6 Å². The summed E-state index contributed by atoms with van der Waals surface area (Å²) in [6.07, 6.45) is 5.83. The lowest BCUT2D eigenvalue weighted by atomic mass is 9.92. The molecule has 0 spiro atoms. The van der Waals surface area contributed by atoms with Gasteiger partial charge in [0, 0.05) is 49.8 Å². The molecular weight excluding hydrogens is 380 g/mol. The first kappa shape index (κ1) is 18.6. The van der Waals surface area contributed by atoms with E-state index in [0.717, 1.165) is 68.8 Å². The second kappa shape index (κ2) is 8.49. The van der Waals surface area contributed by atoms with Crippen molar-refractivity contribution in [3.63, 3.8) is 0 Å². The molecule has 138 valence electrons. The molecule has 3 heterocycles. The van der Waals surface area contributed by atoms with Crippen LogP contribution in [-0.4, -0.2) is 67.0 Å². The molecule has 2 saturated heterocycles. The van der Waals surface area contributed by atoms with Crippen molar-refractivity contribution in [2.24, 2.45) is 5.92 Å². The molecule has 0 atom stereocenters. The van der Waals surface area contributed by atoms with E-state index in [1.54, 1.807) is 0 Å². The Morgan fingerprint density at radius 2 is 1.96 bits per heavy atom. The van der Waals surface area contributed by atoms with Crippen LogP contribution in [0.3, 0.4) is 0 Å². The van der Waals surface area contributed by atoms with Gasteiger partial charge >= 0.3 is 0 Å². The van der Waals surface area contributed by atoms with Crippen molar-refractivity contribution in [3.05, 3.63) is 22.3 Å². The van der Waals surface area contributed by atoms with E-state index in [-0.39, 0.29) is 0 Å². The van der Waals surface area contributed by atoms with Crippen LogP contribution >= 0.6 is 15.9 Å². The van der Waals surface area contributed by atoms with Crippen molar-refractivity contribution >= 4 is 27.7 Å². The molecule has 1 aromatic heterocycles. The van der Waals surface area contributed by atoms with E-state index >= 15 is 0 Å². The molecule has 0 bridgehead atoms. The number of aromatic nitrogens is 1. The van der Waals surface area contributed by atoms with Crippen LogP contribution in [0.2, 0.25) is 0 Å². The first-order valence-corrected chi connectivity index (χ1v) is 10.2. The molecule has 0 N–H and O–H groups in total. The Labute approximate surface area is 159 Å². The van der Waals surface area contributed by atoms with Gasteiger partial charge in [0.15, 0.2) is 0 Å². The number of rotatable bonds is 3. The highest BCUT2D eigenvalue weighted by atomic mass is 79.9. The number of likely N-dealkylation sites (N-methyl/N-ethyl adjacent to an activating group) is 1. The first-order valence-electron chi connectivity index (χ1n) is 9.36. The fourth-order valence-corrected chi connectivity index (χ4v) is 4.33. The number of carbonyl (C=O) groups is 1. The molecule has 1 aromatic rings. The zero-order chi connectivity index (χ0) is 17.8. The minimum absolute atomic E-state index is 0.353. The average molecular weight is 409 g/mol. The number of hydrogen-bond donors (Lipinski definition) is 0. The van der Waals surface area contributed by atoms with Crippen molar-refractivity contribution in [2.75, 3.05) is 51.2 Å². The molecule has 2 fully saturated rings. The minimum atomic E-state index is 0.353. The monoisotopic (exact) mass is 408 g/mol. The van der Waals surface area contributed by atoms with Crippen LogP contribution in [0, 0.1) is 12.8 Å². The summed E-state index contributed by atoms with van der Waals surface area (Å²) >= 11 is 3.48. The highest BCUT2D eigenvalue weighted by molar-refractivity contribution is 9.10. The van der Waals surface area contributed by atoms with Crippen molar-refractivity contribution in [3.8, 4) is 0 Å². The molecule has 3 rings (SSSR count). The Kier molecular flexibility index (Phi) is 6.34. The van der Waals surface area contributed by atoms with E-state index in [1.807, 2.05) is 6.20 Å².